The molecule has 0 radical (unpaired) electrons. The lowest BCUT2D eigenvalue weighted by molar-refractivity contribution is 0.0637. The number of amides is 2. The molecule has 7 heteroatoms. The van der Waals surface area contributed by atoms with Crippen molar-refractivity contribution in [3.63, 3.8) is 0 Å². The predicted octanol–water partition coefficient (Wildman–Crippen LogP) is 1.48. The molecule has 21 heavy (non-hydrogen) atoms. The van der Waals surface area contributed by atoms with Gasteiger partial charge in [-0.2, -0.15) is 0 Å². The van der Waals surface area contributed by atoms with Crippen LogP contribution >= 0.6 is 11.3 Å². The Morgan fingerprint density at radius 1 is 1.43 bits per heavy atom. The smallest absolute Gasteiger partial charge is 0.319 e. The van der Waals surface area contributed by atoms with Gasteiger partial charge in [-0.25, -0.2) is 4.79 Å². The molecule has 2 amide bonds. The van der Waals surface area contributed by atoms with Crippen molar-refractivity contribution in [3.8, 4) is 0 Å². The summed E-state index contributed by atoms with van der Waals surface area (Å²) < 4.78 is 1.37. The number of carbonyl (C=O) groups excluding carboxylic acids is 1. The molecular weight excluding hydrogens is 290 g/mol. The van der Waals surface area contributed by atoms with Gasteiger partial charge in [-0.15, -0.1) is 11.3 Å². The molecule has 0 aliphatic rings. The summed E-state index contributed by atoms with van der Waals surface area (Å²) in [5, 5.41) is 17.2. The van der Waals surface area contributed by atoms with E-state index in [9.17, 15) is 14.7 Å². The lowest BCUT2D eigenvalue weighted by atomic mass is 10.1. The minimum atomic E-state index is -1.15. The Labute approximate surface area is 126 Å². The van der Waals surface area contributed by atoms with Gasteiger partial charge in [-0.3, -0.25) is 4.79 Å². The van der Waals surface area contributed by atoms with E-state index in [0.717, 1.165) is 4.88 Å². The summed E-state index contributed by atoms with van der Waals surface area (Å²) in [5.41, 5.74) is -1.25. The van der Waals surface area contributed by atoms with Crippen LogP contribution in [0.4, 0.5) is 10.5 Å². The zero-order chi connectivity index (χ0) is 15.5. The highest BCUT2D eigenvalue weighted by Gasteiger charge is 2.24. The fraction of sp³-hybridized carbons (Fsp3) is 0.286. The Bertz CT molecular complexity index is 677. The average molecular weight is 307 g/mol. The van der Waals surface area contributed by atoms with E-state index in [2.05, 4.69) is 10.6 Å². The summed E-state index contributed by atoms with van der Waals surface area (Å²) in [4.78, 5) is 24.3. The second-order valence-electron chi connectivity index (χ2n) is 4.90. The molecule has 0 aromatic carbocycles. The van der Waals surface area contributed by atoms with Crippen LogP contribution < -0.4 is 16.2 Å². The third-order valence-electron chi connectivity index (χ3n) is 3.02. The maximum absolute atomic E-state index is 11.8. The Balaban J connectivity index is 1.97. The van der Waals surface area contributed by atoms with Crippen molar-refractivity contribution in [2.45, 2.75) is 12.5 Å². The summed E-state index contributed by atoms with van der Waals surface area (Å²) in [5.74, 6) is 0. The van der Waals surface area contributed by atoms with Gasteiger partial charge in [0, 0.05) is 18.1 Å². The summed E-state index contributed by atoms with van der Waals surface area (Å²) in [7, 11) is 1.60. The van der Waals surface area contributed by atoms with Crippen molar-refractivity contribution < 1.29 is 9.90 Å². The number of nitrogens with one attached hydrogen (secondary N) is 2. The SMILES string of the molecule is Cn1cccc(NC(=O)NCC(C)(O)c2cccs2)c1=O. The number of nitrogens with zero attached hydrogens (tertiary/aromatic N) is 1. The highest BCUT2D eigenvalue weighted by atomic mass is 32.1. The Morgan fingerprint density at radius 2 is 2.19 bits per heavy atom. The van der Waals surface area contributed by atoms with Crippen LogP contribution in [-0.4, -0.2) is 22.2 Å². The molecule has 2 heterocycles. The Morgan fingerprint density at radius 3 is 2.86 bits per heavy atom. The van der Waals surface area contributed by atoms with Crippen molar-refractivity contribution in [3.05, 3.63) is 51.1 Å². The third-order valence-corrected chi connectivity index (χ3v) is 4.14. The first-order chi connectivity index (χ1) is 9.90. The van der Waals surface area contributed by atoms with Crippen LogP contribution in [0.2, 0.25) is 0 Å². The molecule has 0 saturated carbocycles. The van der Waals surface area contributed by atoms with Crippen molar-refractivity contribution in [1.82, 2.24) is 9.88 Å². The van der Waals surface area contributed by atoms with E-state index in [4.69, 9.17) is 0 Å². The zero-order valence-electron chi connectivity index (χ0n) is 11.8. The molecule has 0 aliphatic carbocycles. The maximum atomic E-state index is 11.8. The molecule has 112 valence electrons. The largest absolute Gasteiger partial charge is 0.383 e. The molecule has 0 bridgehead atoms. The number of urea groups is 1. The minimum absolute atomic E-state index is 0.0481. The van der Waals surface area contributed by atoms with Gasteiger partial charge in [0.1, 0.15) is 11.3 Å². The van der Waals surface area contributed by atoms with E-state index < -0.39 is 11.6 Å². The number of thiophene rings is 1. The summed E-state index contributed by atoms with van der Waals surface area (Å²) in [6, 6.07) is 6.30. The lowest BCUT2D eigenvalue weighted by Gasteiger charge is -2.22. The van der Waals surface area contributed by atoms with Gasteiger partial charge in [-0.1, -0.05) is 6.07 Å². The first-order valence-electron chi connectivity index (χ1n) is 6.37. The number of rotatable bonds is 4. The number of anilines is 1. The van der Waals surface area contributed by atoms with Crippen molar-refractivity contribution in [2.24, 2.45) is 7.05 Å². The number of pyridine rings is 1. The molecule has 6 nitrogen and oxygen atoms in total. The van der Waals surface area contributed by atoms with Crippen LogP contribution in [0.1, 0.15) is 11.8 Å². The van der Waals surface area contributed by atoms with E-state index in [-0.39, 0.29) is 17.8 Å². The molecule has 2 aromatic rings. The van der Waals surface area contributed by atoms with Gasteiger partial charge in [0.2, 0.25) is 0 Å². The summed E-state index contributed by atoms with van der Waals surface area (Å²) in [6.45, 7) is 1.67. The molecule has 3 N–H and O–H groups in total. The van der Waals surface area contributed by atoms with E-state index >= 15 is 0 Å². The quantitative estimate of drug-likeness (QED) is 0.800. The lowest BCUT2D eigenvalue weighted by Crippen LogP contribution is -2.41. The van der Waals surface area contributed by atoms with Crippen LogP contribution in [0.25, 0.3) is 0 Å². The van der Waals surface area contributed by atoms with Crippen LogP contribution in [-0.2, 0) is 12.6 Å². The highest BCUT2D eigenvalue weighted by Crippen LogP contribution is 2.24. The van der Waals surface area contributed by atoms with Gasteiger partial charge in [0.15, 0.2) is 0 Å². The molecule has 0 saturated heterocycles. The van der Waals surface area contributed by atoms with E-state index in [0.29, 0.717) is 0 Å². The topological polar surface area (TPSA) is 83.4 Å². The van der Waals surface area contributed by atoms with Crippen LogP contribution in [0.5, 0.6) is 0 Å². The standard InChI is InChI=1S/C14H17N3O3S/c1-14(20,11-6-4-8-21-11)9-15-13(19)16-10-5-3-7-17(2)12(10)18/h3-8,20H,9H2,1-2H3,(H2,15,16,19). The first kappa shape index (κ1) is 15.3. The van der Waals surface area contributed by atoms with Gasteiger partial charge in [0.05, 0.1) is 6.54 Å². The molecule has 0 spiro atoms. The monoisotopic (exact) mass is 307 g/mol. The fourth-order valence-corrected chi connectivity index (χ4v) is 2.57. The van der Waals surface area contributed by atoms with Crippen molar-refractivity contribution in [2.75, 3.05) is 11.9 Å². The molecule has 0 fully saturated rings. The van der Waals surface area contributed by atoms with Crippen molar-refractivity contribution >= 4 is 23.1 Å². The highest BCUT2D eigenvalue weighted by molar-refractivity contribution is 7.10. The summed E-state index contributed by atoms with van der Waals surface area (Å²) in [6.07, 6.45) is 1.60. The minimum Gasteiger partial charge on any atom is -0.383 e. The molecule has 2 aromatic heterocycles. The van der Waals surface area contributed by atoms with Gasteiger partial charge in [-0.05, 0) is 30.5 Å². The van der Waals surface area contributed by atoms with E-state index in [1.54, 1.807) is 32.3 Å². The zero-order valence-corrected chi connectivity index (χ0v) is 12.6. The average Bonchev–Trinajstić information content (AvgIpc) is 2.97. The maximum Gasteiger partial charge on any atom is 0.319 e. The van der Waals surface area contributed by atoms with Gasteiger partial charge >= 0.3 is 6.03 Å². The van der Waals surface area contributed by atoms with Gasteiger partial charge in [0.25, 0.3) is 5.56 Å². The van der Waals surface area contributed by atoms with E-state index in [1.165, 1.54) is 22.0 Å². The molecular formula is C14H17N3O3S. The third kappa shape index (κ3) is 3.71. The molecule has 1 atom stereocenters. The molecule has 1 unspecified atom stereocenters. The fourth-order valence-electron chi connectivity index (χ4n) is 1.78. The first-order valence-corrected chi connectivity index (χ1v) is 7.25. The number of aromatic nitrogens is 1. The Hall–Kier alpha value is -2.12. The predicted molar refractivity (Wildman–Crippen MR) is 82.6 cm³/mol. The molecule has 2 rings (SSSR count). The van der Waals surface area contributed by atoms with Crippen LogP contribution in [0, 0.1) is 0 Å². The second kappa shape index (κ2) is 6.11. The number of aryl methyl sites for hydroxylation is 1. The van der Waals surface area contributed by atoms with Crippen LogP contribution in [0.15, 0.2) is 40.6 Å². The number of carbonyl (C=O) groups is 1. The second-order valence-corrected chi connectivity index (χ2v) is 5.84. The number of aliphatic hydroxyl groups is 1. The van der Waals surface area contributed by atoms with Crippen LogP contribution in [0.3, 0.4) is 0 Å². The van der Waals surface area contributed by atoms with Gasteiger partial charge < -0.3 is 20.3 Å². The van der Waals surface area contributed by atoms with Crippen molar-refractivity contribution in [1.29, 1.82) is 0 Å². The van der Waals surface area contributed by atoms with E-state index in [1.807, 2.05) is 11.4 Å². The summed E-state index contributed by atoms with van der Waals surface area (Å²) >= 11 is 1.41. The number of hydrogen-bond acceptors (Lipinski definition) is 4. The number of hydrogen-bond donors (Lipinski definition) is 3. The Kier molecular flexibility index (Phi) is 4.44. The molecule has 0 aliphatic heterocycles. The normalized spacial score (nSPS) is 13.5.